The third-order valence-corrected chi connectivity index (χ3v) is 6.60. The topological polar surface area (TPSA) is 96.3 Å². The number of fused-ring (bicyclic) bond motifs is 1. The fourth-order valence-electron chi connectivity index (χ4n) is 4.59. The predicted molar refractivity (Wildman–Crippen MR) is 134 cm³/mol. The lowest BCUT2D eigenvalue weighted by atomic mass is 9.93. The molecule has 0 saturated heterocycles. The molecule has 3 aromatic rings. The molecule has 2 heterocycles. The molecule has 0 spiro atoms. The Kier molecular flexibility index (Phi) is 6.92. The molecule has 1 aliphatic heterocycles. The van der Waals surface area contributed by atoms with Crippen molar-refractivity contribution < 1.29 is 18.8 Å². The minimum Gasteiger partial charge on any atom is -0.350 e. The van der Waals surface area contributed by atoms with E-state index in [1.807, 2.05) is 39.0 Å². The number of anilines is 1. The number of benzene rings is 2. The highest BCUT2D eigenvalue weighted by atomic mass is 19.1. The Morgan fingerprint density at radius 1 is 1.11 bits per heavy atom. The highest BCUT2D eigenvalue weighted by molar-refractivity contribution is 6.12. The molecule has 1 atom stereocenters. The minimum atomic E-state index is -1.19. The van der Waals surface area contributed by atoms with E-state index < -0.39 is 17.4 Å². The Bertz CT molecular complexity index is 1300. The maximum Gasteiger partial charge on any atom is 0.276 e. The van der Waals surface area contributed by atoms with Gasteiger partial charge in [-0.3, -0.25) is 14.4 Å². The molecule has 2 N–H and O–H groups in total. The number of para-hydroxylation sites is 1. The highest BCUT2D eigenvalue weighted by Crippen LogP contribution is 2.30. The van der Waals surface area contributed by atoms with Crippen LogP contribution in [0.15, 0.2) is 48.8 Å². The summed E-state index contributed by atoms with van der Waals surface area (Å²) in [6, 6.07) is 11.6. The Hall–Kier alpha value is -4.01. The summed E-state index contributed by atoms with van der Waals surface area (Å²) in [6.07, 6.45) is 2.06. The summed E-state index contributed by atoms with van der Waals surface area (Å²) in [6.45, 7) is 8.10. The van der Waals surface area contributed by atoms with Gasteiger partial charge in [0.1, 0.15) is 17.1 Å². The van der Waals surface area contributed by atoms with Crippen LogP contribution < -0.4 is 10.6 Å². The number of aromatic nitrogens is 2. The largest absolute Gasteiger partial charge is 0.350 e. The van der Waals surface area contributed by atoms with Gasteiger partial charge in [0.25, 0.3) is 11.8 Å². The molecule has 1 aromatic heterocycles. The van der Waals surface area contributed by atoms with Gasteiger partial charge < -0.3 is 20.1 Å². The minimum absolute atomic E-state index is 0.0255. The Labute approximate surface area is 209 Å². The number of hydrogen-bond donors (Lipinski definition) is 2. The Morgan fingerprint density at radius 2 is 1.78 bits per heavy atom. The van der Waals surface area contributed by atoms with Crippen LogP contribution in [0.25, 0.3) is 0 Å². The van der Waals surface area contributed by atoms with Gasteiger partial charge in [-0.05, 0) is 56.0 Å². The van der Waals surface area contributed by atoms with E-state index in [4.69, 9.17) is 0 Å². The molecule has 0 saturated carbocycles. The number of carbonyl (C=O) groups is 3. The van der Waals surface area contributed by atoms with Crippen LogP contribution in [0.1, 0.15) is 57.9 Å². The van der Waals surface area contributed by atoms with Gasteiger partial charge in [0, 0.05) is 18.8 Å². The first-order chi connectivity index (χ1) is 17.2. The van der Waals surface area contributed by atoms with Crippen LogP contribution in [-0.2, 0) is 17.9 Å². The predicted octanol–water partition coefficient (Wildman–Crippen LogP) is 3.83. The van der Waals surface area contributed by atoms with Crippen LogP contribution in [0.2, 0.25) is 0 Å². The first-order valence-electron chi connectivity index (χ1n) is 11.9. The Morgan fingerprint density at radius 3 is 2.42 bits per heavy atom. The maximum atomic E-state index is 13.7. The number of amides is 3. The van der Waals surface area contributed by atoms with Gasteiger partial charge in [-0.1, -0.05) is 37.3 Å². The summed E-state index contributed by atoms with van der Waals surface area (Å²) in [4.78, 5) is 46.0. The third kappa shape index (κ3) is 4.60. The zero-order valence-electron chi connectivity index (χ0n) is 20.9. The fraction of sp³-hybridized carbons (Fsp3) is 0.333. The first kappa shape index (κ1) is 25.1. The molecule has 0 fully saturated rings. The van der Waals surface area contributed by atoms with E-state index in [1.165, 1.54) is 23.4 Å². The zero-order chi connectivity index (χ0) is 26.0. The average molecular weight is 492 g/mol. The summed E-state index contributed by atoms with van der Waals surface area (Å²) >= 11 is 0. The molecule has 0 bridgehead atoms. The number of imidazole rings is 1. The number of rotatable bonds is 7. The third-order valence-electron chi connectivity index (χ3n) is 6.60. The van der Waals surface area contributed by atoms with E-state index in [1.54, 1.807) is 23.6 Å². The van der Waals surface area contributed by atoms with Crippen molar-refractivity contribution in [1.29, 1.82) is 0 Å². The van der Waals surface area contributed by atoms with E-state index in [-0.39, 0.29) is 36.2 Å². The molecular weight excluding hydrogens is 461 g/mol. The molecule has 0 radical (unpaired) electrons. The second-order valence-corrected chi connectivity index (χ2v) is 9.33. The van der Waals surface area contributed by atoms with E-state index in [9.17, 15) is 18.8 Å². The fourth-order valence-corrected chi connectivity index (χ4v) is 4.59. The molecule has 0 aliphatic carbocycles. The smallest absolute Gasteiger partial charge is 0.276 e. The number of nitrogens with one attached hydrogen (secondary N) is 2. The molecule has 2 aromatic carbocycles. The summed E-state index contributed by atoms with van der Waals surface area (Å²) in [5, 5.41) is 5.77. The summed E-state index contributed by atoms with van der Waals surface area (Å²) in [7, 11) is 0. The maximum absolute atomic E-state index is 13.7. The number of hydrogen-bond acceptors (Lipinski definition) is 4. The average Bonchev–Trinajstić information content (AvgIpc) is 3.27. The van der Waals surface area contributed by atoms with Crippen molar-refractivity contribution in [3.05, 3.63) is 82.7 Å². The zero-order valence-corrected chi connectivity index (χ0v) is 20.9. The van der Waals surface area contributed by atoms with Crippen molar-refractivity contribution >= 4 is 23.4 Å². The van der Waals surface area contributed by atoms with Crippen LogP contribution in [-0.4, -0.2) is 44.3 Å². The molecule has 3 amide bonds. The Balaban J connectivity index is 1.60. The van der Waals surface area contributed by atoms with E-state index >= 15 is 0 Å². The summed E-state index contributed by atoms with van der Waals surface area (Å²) < 4.78 is 14.8. The molecule has 8 nitrogen and oxygen atoms in total. The highest BCUT2D eigenvalue weighted by Gasteiger charge is 2.48. The van der Waals surface area contributed by atoms with Crippen LogP contribution in [0.4, 0.5) is 10.1 Å². The molecule has 1 aliphatic rings. The van der Waals surface area contributed by atoms with Gasteiger partial charge in [0.15, 0.2) is 5.69 Å². The number of aryl methyl sites for hydroxylation is 2. The van der Waals surface area contributed by atoms with Crippen molar-refractivity contribution in [3.8, 4) is 0 Å². The quantitative estimate of drug-likeness (QED) is 0.525. The standard InChI is InChI=1S/C27H30FN5O3/c1-5-13-33-25(35)23-22(24(34)31-21-17(2)7-6-8-18(21)3)30-16-32(23)15-27(33,4)26(36)29-14-19-9-11-20(28)12-10-19/h6-12,16H,5,13-15H2,1-4H3,(H,29,36)(H,31,34)/t27-/m0/s1. The molecule has 9 heteroatoms. The van der Waals surface area contributed by atoms with Crippen molar-refractivity contribution in [2.75, 3.05) is 11.9 Å². The van der Waals surface area contributed by atoms with Gasteiger partial charge in [0.05, 0.1) is 12.9 Å². The van der Waals surface area contributed by atoms with E-state index in [0.29, 0.717) is 18.7 Å². The van der Waals surface area contributed by atoms with E-state index in [0.717, 1.165) is 16.7 Å². The monoisotopic (exact) mass is 491 g/mol. The second kappa shape index (κ2) is 9.93. The van der Waals surface area contributed by atoms with E-state index in [2.05, 4.69) is 15.6 Å². The lowest BCUT2D eigenvalue weighted by Gasteiger charge is -2.43. The van der Waals surface area contributed by atoms with Gasteiger partial charge in [0.2, 0.25) is 5.91 Å². The molecule has 4 rings (SSSR count). The van der Waals surface area contributed by atoms with Crippen LogP contribution >= 0.6 is 0 Å². The summed E-state index contributed by atoms with van der Waals surface area (Å²) in [5.41, 5.74) is 2.23. The van der Waals surface area contributed by atoms with Gasteiger partial charge in [-0.25, -0.2) is 9.37 Å². The number of halogens is 1. The normalized spacial score (nSPS) is 17.0. The van der Waals surface area contributed by atoms with Crippen LogP contribution in [0, 0.1) is 19.7 Å². The molecular formula is C27H30FN5O3. The lowest BCUT2D eigenvalue weighted by molar-refractivity contribution is -0.133. The number of carbonyl (C=O) groups excluding carboxylic acids is 3. The molecule has 188 valence electrons. The lowest BCUT2D eigenvalue weighted by Crippen LogP contribution is -2.64. The van der Waals surface area contributed by atoms with Crippen LogP contribution in [0.3, 0.4) is 0 Å². The second-order valence-electron chi connectivity index (χ2n) is 9.33. The van der Waals surface area contributed by atoms with Crippen molar-refractivity contribution in [1.82, 2.24) is 19.8 Å². The van der Waals surface area contributed by atoms with Gasteiger partial charge >= 0.3 is 0 Å². The molecule has 0 unspecified atom stereocenters. The van der Waals surface area contributed by atoms with Crippen molar-refractivity contribution in [2.24, 2.45) is 0 Å². The van der Waals surface area contributed by atoms with Gasteiger partial charge in [-0.2, -0.15) is 0 Å². The summed E-state index contributed by atoms with van der Waals surface area (Å²) in [5.74, 6) is -1.59. The molecule has 36 heavy (non-hydrogen) atoms. The van der Waals surface area contributed by atoms with Gasteiger partial charge in [-0.15, -0.1) is 0 Å². The van der Waals surface area contributed by atoms with Crippen molar-refractivity contribution in [3.63, 3.8) is 0 Å². The van der Waals surface area contributed by atoms with Crippen LogP contribution in [0.5, 0.6) is 0 Å². The SMILES string of the molecule is CCCN1C(=O)c2c(C(=O)Nc3c(C)cccc3C)ncn2C[C@@]1(C)C(=O)NCc1ccc(F)cc1. The first-order valence-corrected chi connectivity index (χ1v) is 11.9. The van der Waals surface area contributed by atoms with Crippen molar-refractivity contribution in [2.45, 2.75) is 52.7 Å². The number of nitrogens with zero attached hydrogens (tertiary/aromatic N) is 3.